The van der Waals surface area contributed by atoms with Gasteiger partial charge in [0.1, 0.15) is 23.9 Å². The summed E-state index contributed by atoms with van der Waals surface area (Å²) in [6.45, 7) is 10.1. The Bertz CT molecular complexity index is 1940. The second-order valence-corrected chi connectivity index (χ2v) is 13.6. The predicted octanol–water partition coefficient (Wildman–Crippen LogP) is 9.23. The molecule has 7 nitrogen and oxygen atoms in total. The first kappa shape index (κ1) is 36.6. The molecule has 268 valence electrons. The highest BCUT2D eigenvalue weighted by Crippen LogP contribution is 2.34. The van der Waals surface area contributed by atoms with Crippen LogP contribution in [0.15, 0.2) is 109 Å². The third-order valence-electron chi connectivity index (χ3n) is 9.01. The van der Waals surface area contributed by atoms with E-state index in [1.807, 2.05) is 36.1 Å². The minimum Gasteiger partial charge on any atom is -0.493 e. The van der Waals surface area contributed by atoms with E-state index in [1.54, 1.807) is 42.6 Å². The summed E-state index contributed by atoms with van der Waals surface area (Å²) < 4.78 is 30.7. The number of benzene rings is 4. The number of rotatable bonds is 13. The summed E-state index contributed by atoms with van der Waals surface area (Å²) in [5.74, 6) is 1.93. The molecule has 1 aliphatic heterocycles. The van der Waals surface area contributed by atoms with Crippen LogP contribution >= 0.6 is 11.6 Å². The SMILES string of the molecule is Cc1ccc(COc2ccc(Oc3c(C)cc(C=CC(=O)N4CCN(Cc5ccc(CCOc6ccc(F)cc6)cc5)C[C@@H]4C)cc3Cl)nc2)cc1. The number of amides is 1. The molecule has 9 heteroatoms. The largest absolute Gasteiger partial charge is 0.493 e. The number of carbonyl (C=O) groups is 1. The summed E-state index contributed by atoms with van der Waals surface area (Å²) in [6.07, 6.45) is 5.82. The van der Waals surface area contributed by atoms with Crippen LogP contribution in [0.4, 0.5) is 4.39 Å². The molecule has 0 N–H and O–H groups in total. The molecule has 2 heterocycles. The summed E-state index contributed by atoms with van der Waals surface area (Å²) in [7, 11) is 0. The van der Waals surface area contributed by atoms with Crippen molar-refractivity contribution < 1.29 is 23.4 Å². The molecule has 1 amide bonds. The average Bonchev–Trinajstić information content (AvgIpc) is 3.14. The van der Waals surface area contributed by atoms with Gasteiger partial charge in [0.05, 0.1) is 17.8 Å². The molecular formula is C43H43ClFN3O4. The Morgan fingerprint density at radius 3 is 2.29 bits per heavy atom. The van der Waals surface area contributed by atoms with Crippen molar-refractivity contribution in [3.63, 3.8) is 0 Å². The van der Waals surface area contributed by atoms with Crippen molar-refractivity contribution in [1.82, 2.24) is 14.8 Å². The lowest BCUT2D eigenvalue weighted by molar-refractivity contribution is -0.130. The zero-order valence-electron chi connectivity index (χ0n) is 29.7. The number of hydrogen-bond acceptors (Lipinski definition) is 6. The molecule has 0 unspecified atom stereocenters. The van der Waals surface area contributed by atoms with Crippen molar-refractivity contribution in [2.75, 3.05) is 26.2 Å². The highest BCUT2D eigenvalue weighted by Gasteiger charge is 2.26. The predicted molar refractivity (Wildman–Crippen MR) is 204 cm³/mol. The maximum absolute atomic E-state index is 13.2. The van der Waals surface area contributed by atoms with Gasteiger partial charge in [-0.25, -0.2) is 9.37 Å². The lowest BCUT2D eigenvalue weighted by Crippen LogP contribution is -2.53. The minimum atomic E-state index is -0.272. The maximum Gasteiger partial charge on any atom is 0.246 e. The monoisotopic (exact) mass is 719 g/mol. The van der Waals surface area contributed by atoms with Gasteiger partial charge in [-0.1, -0.05) is 65.7 Å². The number of aromatic nitrogens is 1. The zero-order chi connectivity index (χ0) is 36.5. The highest BCUT2D eigenvalue weighted by atomic mass is 35.5. The molecule has 52 heavy (non-hydrogen) atoms. The number of aryl methyl sites for hydroxylation is 2. The molecule has 0 bridgehead atoms. The molecule has 5 aromatic rings. The summed E-state index contributed by atoms with van der Waals surface area (Å²) in [6, 6.07) is 30.2. The smallest absolute Gasteiger partial charge is 0.246 e. The molecule has 1 aliphatic rings. The molecule has 0 radical (unpaired) electrons. The van der Waals surface area contributed by atoms with Crippen LogP contribution in [0.2, 0.25) is 5.02 Å². The van der Waals surface area contributed by atoms with Gasteiger partial charge >= 0.3 is 0 Å². The Labute approximate surface area is 310 Å². The van der Waals surface area contributed by atoms with E-state index in [-0.39, 0.29) is 17.8 Å². The lowest BCUT2D eigenvalue weighted by Gasteiger charge is -2.39. The van der Waals surface area contributed by atoms with Crippen molar-refractivity contribution in [1.29, 1.82) is 0 Å². The fourth-order valence-electron chi connectivity index (χ4n) is 6.11. The standard InChI is InChI=1S/C43H43ClFN3O4/c1-30-4-6-35(7-5-30)29-51-39-17-18-41(46-26-39)52-43-31(2)24-36(25-40(43)44)12-19-42(49)48-22-21-47(27-32(48)3)28-34-10-8-33(9-11-34)20-23-50-38-15-13-37(45)14-16-38/h4-19,24-26,32H,20-23,27-29H2,1-3H3/t32-/m0/s1. The van der Waals surface area contributed by atoms with Crippen LogP contribution in [0.1, 0.15) is 40.3 Å². The van der Waals surface area contributed by atoms with Crippen LogP contribution < -0.4 is 14.2 Å². The van der Waals surface area contributed by atoms with Crippen molar-refractivity contribution in [3.05, 3.63) is 154 Å². The fourth-order valence-corrected chi connectivity index (χ4v) is 6.42. The molecule has 6 rings (SSSR count). The number of carbonyl (C=O) groups excluding carboxylic acids is 1. The van der Waals surface area contributed by atoms with Crippen molar-refractivity contribution in [2.45, 2.75) is 46.4 Å². The number of piperazine rings is 1. The Hall–Kier alpha value is -5.18. The number of nitrogens with zero attached hydrogens (tertiary/aromatic N) is 3. The fraction of sp³-hybridized carbons (Fsp3) is 0.256. The van der Waals surface area contributed by atoms with Gasteiger partial charge < -0.3 is 19.1 Å². The molecule has 0 aliphatic carbocycles. The Balaban J connectivity index is 0.953. The van der Waals surface area contributed by atoms with E-state index >= 15 is 0 Å². The third-order valence-corrected chi connectivity index (χ3v) is 9.29. The van der Waals surface area contributed by atoms with Crippen LogP contribution in [0.25, 0.3) is 6.08 Å². The van der Waals surface area contributed by atoms with Crippen LogP contribution in [0, 0.1) is 19.7 Å². The van der Waals surface area contributed by atoms with Crippen molar-refractivity contribution in [3.8, 4) is 23.1 Å². The van der Waals surface area contributed by atoms with Gasteiger partial charge in [0.25, 0.3) is 0 Å². The molecule has 1 aromatic heterocycles. The molecule has 1 atom stereocenters. The number of halogens is 2. The van der Waals surface area contributed by atoms with E-state index in [1.165, 1.54) is 28.8 Å². The third kappa shape index (κ3) is 10.2. The van der Waals surface area contributed by atoms with E-state index in [0.29, 0.717) is 47.9 Å². The van der Waals surface area contributed by atoms with E-state index < -0.39 is 0 Å². The van der Waals surface area contributed by atoms with Gasteiger partial charge in [-0.2, -0.15) is 0 Å². The number of pyridine rings is 1. The molecule has 0 spiro atoms. The quantitative estimate of drug-likeness (QED) is 0.113. The average molecular weight is 720 g/mol. The van der Waals surface area contributed by atoms with Crippen LogP contribution in [-0.4, -0.2) is 53.0 Å². The Morgan fingerprint density at radius 1 is 0.885 bits per heavy atom. The van der Waals surface area contributed by atoms with Crippen molar-refractivity contribution >= 4 is 23.6 Å². The first-order chi connectivity index (χ1) is 25.2. The summed E-state index contributed by atoms with van der Waals surface area (Å²) in [5, 5.41) is 0.432. The lowest BCUT2D eigenvalue weighted by atomic mass is 10.1. The van der Waals surface area contributed by atoms with E-state index in [9.17, 15) is 9.18 Å². The topological polar surface area (TPSA) is 64.1 Å². The summed E-state index contributed by atoms with van der Waals surface area (Å²) in [5.41, 5.74) is 6.34. The van der Waals surface area contributed by atoms with Crippen LogP contribution in [0.5, 0.6) is 23.1 Å². The Kier molecular flexibility index (Phi) is 12.2. The molecular weight excluding hydrogens is 677 g/mol. The van der Waals surface area contributed by atoms with E-state index in [2.05, 4.69) is 60.1 Å². The van der Waals surface area contributed by atoms with Gasteiger partial charge in [-0.05, 0) is 97.1 Å². The minimum absolute atomic E-state index is 0.0256. The second-order valence-electron chi connectivity index (χ2n) is 13.2. The number of hydrogen-bond donors (Lipinski definition) is 0. The van der Waals surface area contributed by atoms with Crippen LogP contribution in [-0.2, 0) is 24.4 Å². The summed E-state index contributed by atoms with van der Waals surface area (Å²) in [4.78, 5) is 21.9. The molecule has 0 saturated carbocycles. The number of ether oxygens (including phenoxy) is 3. The zero-order valence-corrected chi connectivity index (χ0v) is 30.5. The summed E-state index contributed by atoms with van der Waals surface area (Å²) >= 11 is 6.64. The molecule has 1 saturated heterocycles. The maximum atomic E-state index is 13.2. The second kappa shape index (κ2) is 17.4. The van der Waals surface area contributed by atoms with Gasteiger partial charge in [0.2, 0.25) is 11.8 Å². The van der Waals surface area contributed by atoms with Crippen LogP contribution in [0.3, 0.4) is 0 Å². The first-order valence-electron chi connectivity index (χ1n) is 17.5. The normalized spacial score (nSPS) is 14.8. The molecule has 4 aromatic carbocycles. The van der Waals surface area contributed by atoms with E-state index in [4.69, 9.17) is 25.8 Å². The first-order valence-corrected chi connectivity index (χ1v) is 17.9. The van der Waals surface area contributed by atoms with E-state index in [0.717, 1.165) is 42.7 Å². The van der Waals surface area contributed by atoms with Gasteiger partial charge in [-0.3, -0.25) is 9.69 Å². The highest BCUT2D eigenvalue weighted by molar-refractivity contribution is 6.32. The molecule has 1 fully saturated rings. The van der Waals surface area contributed by atoms with Gasteiger partial charge in [-0.15, -0.1) is 0 Å². The van der Waals surface area contributed by atoms with Gasteiger partial charge in [0.15, 0.2) is 5.75 Å². The van der Waals surface area contributed by atoms with Gasteiger partial charge in [0, 0.05) is 50.8 Å². The Morgan fingerprint density at radius 2 is 1.60 bits per heavy atom. The van der Waals surface area contributed by atoms with Crippen molar-refractivity contribution in [2.24, 2.45) is 0 Å².